The summed E-state index contributed by atoms with van der Waals surface area (Å²) in [5, 5.41) is 21.3. The predicted molar refractivity (Wildman–Crippen MR) is 99.6 cm³/mol. The third kappa shape index (κ3) is 5.62. The van der Waals surface area contributed by atoms with Crippen LogP contribution in [0.15, 0.2) is 47.2 Å². The van der Waals surface area contributed by atoms with Crippen molar-refractivity contribution in [3.05, 3.63) is 64.5 Å². The molecule has 1 aromatic carbocycles. The van der Waals surface area contributed by atoms with Crippen LogP contribution in [-0.4, -0.2) is 43.2 Å². The van der Waals surface area contributed by atoms with Crippen molar-refractivity contribution in [3.8, 4) is 0 Å². The van der Waals surface area contributed by atoms with Crippen molar-refractivity contribution in [2.75, 3.05) is 13.6 Å². The first kappa shape index (κ1) is 21.5. The van der Waals surface area contributed by atoms with E-state index in [1.165, 1.54) is 12.1 Å². The van der Waals surface area contributed by atoms with E-state index < -0.39 is 21.7 Å². The average Bonchev–Trinajstić information content (AvgIpc) is 2.69. The molecular weight excluding hydrogens is 413 g/mol. The number of sulfonamides is 1. The number of nitrogens with zero attached hydrogens (tertiary/aromatic N) is 2. The zero-order valence-electron chi connectivity index (χ0n) is 14.6. The summed E-state index contributed by atoms with van der Waals surface area (Å²) in [7, 11) is -2.35. The molecule has 150 valence electrons. The molecule has 9 nitrogen and oxygen atoms in total. The van der Waals surface area contributed by atoms with Crippen LogP contribution >= 0.6 is 11.6 Å². The van der Waals surface area contributed by atoms with E-state index in [1.807, 2.05) is 0 Å². The Morgan fingerprint density at radius 3 is 2.61 bits per heavy atom. The summed E-state index contributed by atoms with van der Waals surface area (Å²) in [6, 6.07) is 5.85. The molecule has 0 fully saturated rings. The Morgan fingerprint density at radius 2 is 2.04 bits per heavy atom. The highest BCUT2D eigenvalue weighted by molar-refractivity contribution is 7.89. The lowest BCUT2D eigenvalue weighted by Crippen LogP contribution is -2.30. The topological polar surface area (TPSA) is 133 Å². The maximum atomic E-state index is 13.2. The number of aliphatic hydroxyl groups excluding tert-OH is 1. The van der Waals surface area contributed by atoms with Crippen LogP contribution in [0.4, 0.5) is 4.39 Å². The summed E-state index contributed by atoms with van der Waals surface area (Å²) in [5.74, 6) is -1.24. The van der Waals surface area contributed by atoms with Crippen LogP contribution in [0, 0.1) is 5.82 Å². The van der Waals surface area contributed by atoms with Crippen molar-refractivity contribution in [1.29, 1.82) is 0 Å². The van der Waals surface area contributed by atoms with Crippen molar-refractivity contribution in [2.45, 2.75) is 11.4 Å². The van der Waals surface area contributed by atoms with Crippen molar-refractivity contribution in [3.63, 3.8) is 0 Å². The number of halogens is 2. The Labute approximate surface area is 165 Å². The normalized spacial score (nSPS) is 11.9. The molecule has 0 aliphatic rings. The predicted octanol–water partition coefficient (Wildman–Crippen LogP) is 1.10. The zero-order valence-corrected chi connectivity index (χ0v) is 16.2. The maximum absolute atomic E-state index is 13.2. The second kappa shape index (κ2) is 9.44. The smallest absolute Gasteiger partial charge is 0.272 e. The van der Waals surface area contributed by atoms with E-state index in [4.69, 9.17) is 16.7 Å². The minimum Gasteiger partial charge on any atom is -0.514 e. The highest BCUT2D eigenvalue weighted by Gasteiger charge is 2.16. The van der Waals surface area contributed by atoms with E-state index in [0.29, 0.717) is 5.70 Å². The molecule has 0 saturated carbocycles. The Morgan fingerprint density at radius 1 is 1.29 bits per heavy atom. The molecule has 0 spiro atoms. The number of hydrogen-bond acceptors (Lipinski definition) is 7. The van der Waals surface area contributed by atoms with Gasteiger partial charge in [0.25, 0.3) is 5.91 Å². The fraction of sp³-hybridized carbons (Fsp3) is 0.188. The van der Waals surface area contributed by atoms with Gasteiger partial charge in [0.1, 0.15) is 5.82 Å². The van der Waals surface area contributed by atoms with E-state index in [9.17, 15) is 17.6 Å². The number of benzene rings is 1. The fourth-order valence-electron chi connectivity index (χ4n) is 1.94. The number of aromatic nitrogens is 2. The van der Waals surface area contributed by atoms with Gasteiger partial charge in [-0.05, 0) is 30.3 Å². The van der Waals surface area contributed by atoms with Gasteiger partial charge in [-0.15, -0.1) is 5.10 Å². The third-order valence-corrected chi connectivity index (χ3v) is 5.20. The third-order valence-electron chi connectivity index (χ3n) is 3.51. The number of likely N-dealkylation sites (N-methyl/N-ethyl adjacent to an activating group) is 1. The van der Waals surface area contributed by atoms with E-state index in [0.717, 1.165) is 24.5 Å². The quantitative estimate of drug-likeness (QED) is 0.461. The Kier molecular flexibility index (Phi) is 7.26. The Bertz CT molecular complexity index is 983. The van der Waals surface area contributed by atoms with Crippen LogP contribution in [0.1, 0.15) is 16.2 Å². The number of rotatable bonds is 8. The summed E-state index contributed by atoms with van der Waals surface area (Å²) >= 11 is 5.60. The summed E-state index contributed by atoms with van der Waals surface area (Å²) in [4.78, 5) is 11.8. The number of carbonyl (C=O) groups excluding carboxylic acids is 1. The second-order valence-corrected chi connectivity index (χ2v) is 7.57. The monoisotopic (exact) mass is 429 g/mol. The summed E-state index contributed by atoms with van der Waals surface area (Å²) in [6.07, 6.45) is 0.829. The van der Waals surface area contributed by atoms with Gasteiger partial charge < -0.3 is 15.7 Å². The van der Waals surface area contributed by atoms with Crippen LogP contribution in [0.2, 0.25) is 5.02 Å². The lowest BCUT2D eigenvalue weighted by atomic mass is 10.3. The first-order valence-electron chi connectivity index (χ1n) is 7.83. The van der Waals surface area contributed by atoms with Gasteiger partial charge in [-0.3, -0.25) is 4.79 Å². The largest absolute Gasteiger partial charge is 0.514 e. The van der Waals surface area contributed by atoms with Gasteiger partial charge in [-0.25, -0.2) is 17.5 Å². The van der Waals surface area contributed by atoms with Gasteiger partial charge in [0, 0.05) is 7.05 Å². The van der Waals surface area contributed by atoms with E-state index in [2.05, 4.69) is 25.6 Å². The minimum absolute atomic E-state index is 0.0188. The molecule has 0 radical (unpaired) electrons. The second-order valence-electron chi connectivity index (χ2n) is 5.40. The van der Waals surface area contributed by atoms with Gasteiger partial charge >= 0.3 is 0 Å². The number of amides is 1. The summed E-state index contributed by atoms with van der Waals surface area (Å²) in [6.45, 7) is -0.126. The highest BCUT2D eigenvalue weighted by Crippen LogP contribution is 2.19. The van der Waals surface area contributed by atoms with E-state index in [-0.39, 0.29) is 34.4 Å². The molecule has 0 aliphatic heterocycles. The number of aliphatic hydroxyl groups is 1. The fourth-order valence-corrected chi connectivity index (χ4v) is 3.21. The molecule has 12 heteroatoms. The van der Waals surface area contributed by atoms with Crippen LogP contribution < -0.4 is 15.4 Å². The molecule has 1 amide bonds. The van der Waals surface area contributed by atoms with Crippen LogP contribution in [-0.2, 0) is 16.6 Å². The first-order valence-corrected chi connectivity index (χ1v) is 9.69. The molecule has 1 aromatic heterocycles. The first-order chi connectivity index (χ1) is 13.3. The molecule has 0 unspecified atom stereocenters. The van der Waals surface area contributed by atoms with Crippen molar-refractivity contribution >= 4 is 27.5 Å². The zero-order chi connectivity index (χ0) is 20.7. The molecule has 0 aliphatic carbocycles. The van der Waals surface area contributed by atoms with Gasteiger partial charge in [0.2, 0.25) is 10.0 Å². The molecular formula is C16H17ClFN5O4S. The summed E-state index contributed by atoms with van der Waals surface area (Å²) in [5.41, 5.74) is 0.679. The van der Waals surface area contributed by atoms with Crippen molar-refractivity contribution in [2.24, 2.45) is 0 Å². The lowest BCUT2D eigenvalue weighted by Gasteiger charge is -2.08. The average molecular weight is 430 g/mol. The van der Waals surface area contributed by atoms with Crippen LogP contribution in [0.3, 0.4) is 0 Å². The molecule has 28 heavy (non-hydrogen) atoms. The van der Waals surface area contributed by atoms with Crippen LogP contribution in [0.25, 0.3) is 0 Å². The number of hydrogen-bond donors (Lipinski definition) is 4. The van der Waals surface area contributed by atoms with Crippen molar-refractivity contribution < 1.29 is 22.7 Å². The number of carbonyl (C=O) groups is 1. The van der Waals surface area contributed by atoms with Gasteiger partial charge in [-0.2, -0.15) is 5.10 Å². The molecule has 0 atom stereocenters. The molecule has 0 saturated heterocycles. The number of nitrogens with one attached hydrogen (secondary N) is 3. The minimum atomic E-state index is -3.93. The van der Waals surface area contributed by atoms with Gasteiger partial charge in [0.05, 0.1) is 40.7 Å². The SMILES string of the molecule is CN/C(=C\O)CNC(=O)c1ccc(CNS(=O)(=O)c2ccc(F)c(Cl)c2)nn1. The van der Waals surface area contributed by atoms with Crippen LogP contribution in [0.5, 0.6) is 0 Å². The molecule has 2 aromatic rings. The molecule has 0 bridgehead atoms. The van der Waals surface area contributed by atoms with Gasteiger partial charge in [-0.1, -0.05) is 11.6 Å². The Balaban J connectivity index is 1.98. The summed E-state index contributed by atoms with van der Waals surface area (Å²) < 4.78 is 39.9. The molecule has 2 rings (SSSR count). The Hall–Kier alpha value is -2.76. The molecule has 4 N–H and O–H groups in total. The van der Waals surface area contributed by atoms with Crippen molar-refractivity contribution in [1.82, 2.24) is 25.6 Å². The highest BCUT2D eigenvalue weighted by atomic mass is 35.5. The molecule has 1 heterocycles. The maximum Gasteiger partial charge on any atom is 0.272 e. The van der Waals surface area contributed by atoms with E-state index >= 15 is 0 Å². The van der Waals surface area contributed by atoms with E-state index in [1.54, 1.807) is 7.05 Å². The lowest BCUT2D eigenvalue weighted by molar-refractivity contribution is 0.0950. The van der Waals surface area contributed by atoms with Gasteiger partial charge in [0.15, 0.2) is 5.69 Å². The standard InChI is InChI=1S/C16H17ClFN5O4S/c1-19-11(9-24)7-20-16(25)15-5-2-10(22-23-15)8-21-28(26,27)12-3-4-14(18)13(17)6-12/h2-6,9,19,21,24H,7-8H2,1H3,(H,20,25)/b11-9-.